The molecule has 4 aromatic rings. The zero-order chi connectivity index (χ0) is 20.4. The summed E-state index contributed by atoms with van der Waals surface area (Å²) in [7, 11) is 0. The van der Waals surface area contributed by atoms with Crippen molar-refractivity contribution in [1.82, 2.24) is 10.2 Å². The lowest BCUT2D eigenvalue weighted by Gasteiger charge is -2.08. The number of nitrogens with zero attached hydrogens (tertiary/aromatic N) is 2. The molecule has 2 aromatic heterocycles. The van der Waals surface area contributed by atoms with Crippen molar-refractivity contribution in [3.8, 4) is 11.1 Å². The lowest BCUT2D eigenvalue weighted by Crippen LogP contribution is -2.02. The summed E-state index contributed by atoms with van der Waals surface area (Å²) in [4.78, 5) is 12.0. The minimum absolute atomic E-state index is 0.156. The van der Waals surface area contributed by atoms with Crippen molar-refractivity contribution >= 4 is 17.0 Å². The Kier molecular flexibility index (Phi) is 5.09. The first-order chi connectivity index (χ1) is 14.0. The zero-order valence-electron chi connectivity index (χ0n) is 15.6. The molecule has 0 aliphatic carbocycles. The molecule has 0 spiro atoms. The van der Waals surface area contributed by atoms with Crippen LogP contribution >= 0.6 is 0 Å². The fourth-order valence-electron chi connectivity index (χ4n) is 2.98. The van der Waals surface area contributed by atoms with E-state index in [4.69, 9.17) is 8.83 Å². The molecule has 1 atom stereocenters. The Balaban J connectivity index is 1.60. The van der Waals surface area contributed by atoms with Crippen LogP contribution in [-0.2, 0) is 6.54 Å². The predicted octanol–water partition coefficient (Wildman–Crippen LogP) is 4.04. The highest BCUT2D eigenvalue weighted by Crippen LogP contribution is 2.28. The first-order valence-electron chi connectivity index (χ1n) is 9.11. The summed E-state index contributed by atoms with van der Waals surface area (Å²) in [6, 6.07) is 13.0. The molecule has 0 fully saturated rings. The lowest BCUT2D eigenvalue weighted by atomic mass is 10.0. The van der Waals surface area contributed by atoms with Crippen molar-refractivity contribution in [1.29, 1.82) is 0 Å². The van der Waals surface area contributed by atoms with Gasteiger partial charge >= 0.3 is 11.6 Å². The molecule has 0 amide bonds. The van der Waals surface area contributed by atoms with Gasteiger partial charge in [-0.15, -0.1) is 5.10 Å². The van der Waals surface area contributed by atoms with Crippen LogP contribution in [-0.4, -0.2) is 15.3 Å². The standard InChI is InChI=1S/C21H18FN3O4/c1-2-17(26)20-24-25-21(29-20)23-11-12-3-8-15-16(10-19(27)28-18(15)9-12)13-4-6-14(22)7-5-13/h3-10,17,26H,2,11H2,1H3,(H,23,25)/t17-/m0/s1. The van der Waals surface area contributed by atoms with Crippen molar-refractivity contribution < 1.29 is 18.3 Å². The van der Waals surface area contributed by atoms with Crippen LogP contribution in [0.25, 0.3) is 22.1 Å². The summed E-state index contributed by atoms with van der Waals surface area (Å²) in [6.07, 6.45) is -0.320. The fourth-order valence-corrected chi connectivity index (χ4v) is 2.98. The minimum Gasteiger partial charge on any atom is -0.423 e. The second-order valence-electron chi connectivity index (χ2n) is 6.54. The molecule has 0 aliphatic rings. The van der Waals surface area contributed by atoms with E-state index in [2.05, 4.69) is 15.5 Å². The van der Waals surface area contributed by atoms with Gasteiger partial charge in [-0.3, -0.25) is 0 Å². The molecule has 148 valence electrons. The predicted molar refractivity (Wildman–Crippen MR) is 105 cm³/mol. The highest BCUT2D eigenvalue weighted by Gasteiger charge is 2.14. The van der Waals surface area contributed by atoms with Crippen molar-refractivity contribution in [2.75, 3.05) is 5.32 Å². The van der Waals surface area contributed by atoms with Gasteiger partial charge in [0.15, 0.2) is 0 Å². The zero-order valence-corrected chi connectivity index (χ0v) is 15.6. The second-order valence-corrected chi connectivity index (χ2v) is 6.54. The van der Waals surface area contributed by atoms with Crippen LogP contribution in [0.1, 0.15) is 30.9 Å². The van der Waals surface area contributed by atoms with Crippen LogP contribution in [0.4, 0.5) is 10.4 Å². The van der Waals surface area contributed by atoms with Crippen molar-refractivity contribution in [3.63, 3.8) is 0 Å². The van der Waals surface area contributed by atoms with E-state index in [1.54, 1.807) is 18.2 Å². The number of aromatic nitrogens is 2. The Hall–Kier alpha value is -3.52. The van der Waals surface area contributed by atoms with Gasteiger partial charge in [0, 0.05) is 18.0 Å². The highest BCUT2D eigenvalue weighted by molar-refractivity contribution is 5.93. The molecule has 0 saturated carbocycles. The van der Waals surface area contributed by atoms with E-state index in [0.717, 1.165) is 16.5 Å². The molecule has 7 nitrogen and oxygen atoms in total. The maximum Gasteiger partial charge on any atom is 0.336 e. The quantitative estimate of drug-likeness (QED) is 0.475. The Morgan fingerprint density at radius 2 is 1.90 bits per heavy atom. The van der Waals surface area contributed by atoms with Crippen LogP contribution in [0, 0.1) is 5.82 Å². The number of halogens is 1. The maximum absolute atomic E-state index is 13.2. The summed E-state index contributed by atoms with van der Waals surface area (Å²) in [5, 5.41) is 21.1. The van der Waals surface area contributed by atoms with Gasteiger partial charge in [0.05, 0.1) is 0 Å². The molecule has 29 heavy (non-hydrogen) atoms. The fraction of sp³-hybridized carbons (Fsp3) is 0.190. The van der Waals surface area contributed by atoms with E-state index in [1.807, 2.05) is 19.1 Å². The van der Waals surface area contributed by atoms with Gasteiger partial charge < -0.3 is 19.3 Å². The van der Waals surface area contributed by atoms with E-state index >= 15 is 0 Å². The number of hydrogen-bond acceptors (Lipinski definition) is 7. The van der Waals surface area contributed by atoms with Crippen LogP contribution < -0.4 is 10.9 Å². The summed E-state index contributed by atoms with van der Waals surface area (Å²) in [5.74, 6) is -0.187. The molecule has 2 aromatic carbocycles. The number of aliphatic hydroxyl groups excluding tert-OH is 1. The molecule has 0 saturated heterocycles. The summed E-state index contributed by atoms with van der Waals surface area (Å²) >= 11 is 0. The van der Waals surface area contributed by atoms with Gasteiger partial charge in [-0.05, 0) is 41.3 Å². The third kappa shape index (κ3) is 4.02. The van der Waals surface area contributed by atoms with Crippen LogP contribution in [0.5, 0.6) is 0 Å². The summed E-state index contributed by atoms with van der Waals surface area (Å²) in [6.45, 7) is 2.16. The lowest BCUT2D eigenvalue weighted by molar-refractivity contribution is 0.140. The molecule has 4 rings (SSSR count). The van der Waals surface area contributed by atoms with E-state index in [1.165, 1.54) is 18.2 Å². The van der Waals surface area contributed by atoms with Crippen LogP contribution in [0.3, 0.4) is 0 Å². The molecule has 2 heterocycles. The molecule has 0 radical (unpaired) electrons. The van der Waals surface area contributed by atoms with E-state index < -0.39 is 11.7 Å². The number of rotatable bonds is 6. The van der Waals surface area contributed by atoms with Gasteiger partial charge in [0.25, 0.3) is 0 Å². The topological polar surface area (TPSA) is 101 Å². The largest absolute Gasteiger partial charge is 0.423 e. The summed E-state index contributed by atoms with van der Waals surface area (Å²) in [5.41, 5.74) is 2.15. The monoisotopic (exact) mass is 395 g/mol. The first kappa shape index (κ1) is 18.8. The van der Waals surface area contributed by atoms with Gasteiger partial charge in [-0.2, -0.15) is 0 Å². The molecule has 0 aliphatic heterocycles. The van der Waals surface area contributed by atoms with E-state index in [9.17, 15) is 14.3 Å². The van der Waals surface area contributed by atoms with Gasteiger partial charge in [-0.1, -0.05) is 36.3 Å². The average molecular weight is 395 g/mol. The van der Waals surface area contributed by atoms with Gasteiger partial charge in [0.1, 0.15) is 17.5 Å². The molecule has 8 heteroatoms. The highest BCUT2D eigenvalue weighted by atomic mass is 19.1. The van der Waals surface area contributed by atoms with Gasteiger partial charge in [0.2, 0.25) is 5.89 Å². The Labute approximate surface area is 164 Å². The normalized spacial score (nSPS) is 12.2. The number of nitrogens with one attached hydrogen (secondary N) is 1. The number of aliphatic hydroxyl groups is 1. The number of hydrogen-bond donors (Lipinski definition) is 2. The van der Waals surface area contributed by atoms with E-state index in [-0.39, 0.29) is 17.7 Å². The Morgan fingerprint density at radius 3 is 2.66 bits per heavy atom. The molecule has 2 N–H and O–H groups in total. The van der Waals surface area contributed by atoms with Gasteiger partial charge in [-0.25, -0.2) is 9.18 Å². The minimum atomic E-state index is -0.794. The number of fused-ring (bicyclic) bond motifs is 1. The number of benzene rings is 2. The molecule has 0 bridgehead atoms. The Bertz CT molecular complexity index is 1200. The number of anilines is 1. The van der Waals surface area contributed by atoms with E-state index in [0.29, 0.717) is 24.1 Å². The smallest absolute Gasteiger partial charge is 0.336 e. The SMILES string of the molecule is CC[C@H](O)c1nnc(NCc2ccc3c(-c4ccc(F)cc4)cc(=O)oc3c2)o1. The molecular formula is C21H18FN3O4. The van der Waals surface area contributed by atoms with Crippen molar-refractivity contribution in [3.05, 3.63) is 76.2 Å². The van der Waals surface area contributed by atoms with Crippen molar-refractivity contribution in [2.24, 2.45) is 0 Å². The second kappa shape index (κ2) is 7.84. The average Bonchev–Trinajstić information content (AvgIpc) is 3.20. The van der Waals surface area contributed by atoms with Crippen molar-refractivity contribution in [2.45, 2.75) is 26.0 Å². The molecular weight excluding hydrogens is 377 g/mol. The first-order valence-corrected chi connectivity index (χ1v) is 9.11. The third-order valence-corrected chi connectivity index (χ3v) is 4.52. The molecule has 0 unspecified atom stereocenters. The Morgan fingerprint density at radius 1 is 1.10 bits per heavy atom. The maximum atomic E-state index is 13.2. The third-order valence-electron chi connectivity index (χ3n) is 4.52. The summed E-state index contributed by atoms with van der Waals surface area (Å²) < 4.78 is 23.9. The van der Waals surface area contributed by atoms with Crippen LogP contribution in [0.15, 0.2) is 62.2 Å². The van der Waals surface area contributed by atoms with Crippen LogP contribution in [0.2, 0.25) is 0 Å².